The van der Waals surface area contributed by atoms with Crippen LogP contribution in [0.4, 0.5) is 0 Å². The standard InChI is InChI=1S/C14H17N3OS/c1-8-3-2-4-11-13(8)16-12(17-14(11)18)7-19-10-5-9(15)6-10/h2-4,9-10H,5-7,15H2,1H3,(H,16,17,18). The number of hydrogen-bond acceptors (Lipinski definition) is 4. The molecule has 1 saturated carbocycles. The van der Waals surface area contributed by atoms with Crippen molar-refractivity contribution in [3.05, 3.63) is 39.9 Å². The van der Waals surface area contributed by atoms with Crippen LogP contribution in [0.3, 0.4) is 0 Å². The number of para-hydroxylation sites is 1. The number of H-pyrrole nitrogens is 1. The zero-order valence-electron chi connectivity index (χ0n) is 10.8. The maximum Gasteiger partial charge on any atom is 0.258 e. The molecule has 0 amide bonds. The number of aromatic nitrogens is 2. The summed E-state index contributed by atoms with van der Waals surface area (Å²) in [6.07, 6.45) is 2.14. The van der Waals surface area contributed by atoms with Gasteiger partial charge in [0.05, 0.1) is 16.7 Å². The highest BCUT2D eigenvalue weighted by atomic mass is 32.2. The van der Waals surface area contributed by atoms with Gasteiger partial charge in [0.15, 0.2) is 0 Å². The predicted octanol–water partition coefficient (Wildman–Crippen LogP) is 1.95. The molecule has 1 aromatic heterocycles. The first kappa shape index (κ1) is 12.7. The number of fused-ring (bicyclic) bond motifs is 1. The second-order valence-corrected chi connectivity index (χ2v) is 6.44. The normalized spacial score (nSPS) is 22.4. The smallest absolute Gasteiger partial charge is 0.258 e. The average Bonchev–Trinajstić information content (AvgIpc) is 2.35. The van der Waals surface area contributed by atoms with Gasteiger partial charge in [0.2, 0.25) is 0 Å². The summed E-state index contributed by atoms with van der Waals surface area (Å²) in [5, 5.41) is 1.28. The van der Waals surface area contributed by atoms with Crippen molar-refractivity contribution in [2.24, 2.45) is 5.73 Å². The van der Waals surface area contributed by atoms with Crippen LogP contribution < -0.4 is 11.3 Å². The second-order valence-electron chi connectivity index (χ2n) is 5.15. The zero-order chi connectivity index (χ0) is 13.4. The van der Waals surface area contributed by atoms with Gasteiger partial charge in [-0.25, -0.2) is 4.98 Å². The minimum Gasteiger partial charge on any atom is -0.328 e. The highest BCUT2D eigenvalue weighted by Gasteiger charge is 2.26. The number of nitrogens with one attached hydrogen (secondary N) is 1. The average molecular weight is 275 g/mol. The summed E-state index contributed by atoms with van der Waals surface area (Å²) in [4.78, 5) is 19.5. The van der Waals surface area contributed by atoms with Gasteiger partial charge in [-0.3, -0.25) is 4.79 Å². The summed E-state index contributed by atoms with van der Waals surface area (Å²) < 4.78 is 0. The molecule has 0 radical (unpaired) electrons. The lowest BCUT2D eigenvalue weighted by molar-refractivity contribution is 0.432. The van der Waals surface area contributed by atoms with Crippen molar-refractivity contribution in [3.63, 3.8) is 0 Å². The van der Waals surface area contributed by atoms with Crippen LogP contribution >= 0.6 is 11.8 Å². The molecule has 2 aromatic rings. The molecule has 1 fully saturated rings. The quantitative estimate of drug-likeness (QED) is 0.898. The highest BCUT2D eigenvalue weighted by molar-refractivity contribution is 7.99. The van der Waals surface area contributed by atoms with Crippen molar-refractivity contribution >= 4 is 22.7 Å². The van der Waals surface area contributed by atoms with E-state index in [0.29, 0.717) is 16.7 Å². The lowest BCUT2D eigenvalue weighted by atomic mass is 9.94. The number of benzene rings is 1. The van der Waals surface area contributed by atoms with Crippen molar-refractivity contribution in [1.82, 2.24) is 9.97 Å². The van der Waals surface area contributed by atoms with Gasteiger partial charge in [-0.15, -0.1) is 0 Å². The Hall–Kier alpha value is -1.33. The monoisotopic (exact) mass is 275 g/mol. The van der Waals surface area contributed by atoms with Gasteiger partial charge in [0.25, 0.3) is 5.56 Å². The first-order valence-corrected chi connectivity index (χ1v) is 7.54. The Kier molecular flexibility index (Phi) is 3.33. The molecule has 19 heavy (non-hydrogen) atoms. The van der Waals surface area contributed by atoms with E-state index in [9.17, 15) is 4.79 Å². The summed E-state index contributed by atoms with van der Waals surface area (Å²) >= 11 is 1.83. The van der Waals surface area contributed by atoms with Crippen LogP contribution in [-0.2, 0) is 5.75 Å². The number of rotatable bonds is 3. The maximum atomic E-state index is 12.0. The first-order valence-electron chi connectivity index (χ1n) is 6.49. The molecular weight excluding hydrogens is 258 g/mol. The Morgan fingerprint density at radius 1 is 1.47 bits per heavy atom. The number of thioether (sulfide) groups is 1. The van der Waals surface area contributed by atoms with Crippen LogP contribution in [0, 0.1) is 6.92 Å². The van der Waals surface area contributed by atoms with Crippen molar-refractivity contribution in [2.75, 3.05) is 0 Å². The van der Waals surface area contributed by atoms with E-state index < -0.39 is 0 Å². The van der Waals surface area contributed by atoms with E-state index in [4.69, 9.17) is 5.73 Å². The van der Waals surface area contributed by atoms with Crippen LogP contribution in [-0.4, -0.2) is 21.3 Å². The maximum absolute atomic E-state index is 12.0. The Morgan fingerprint density at radius 3 is 3.00 bits per heavy atom. The summed E-state index contributed by atoms with van der Waals surface area (Å²) in [5.74, 6) is 1.51. The Labute approximate surface area is 115 Å². The predicted molar refractivity (Wildman–Crippen MR) is 79.4 cm³/mol. The summed E-state index contributed by atoms with van der Waals surface area (Å²) in [7, 11) is 0. The van der Waals surface area contributed by atoms with Gasteiger partial charge in [-0.05, 0) is 31.4 Å². The Bertz CT molecular complexity index is 661. The molecule has 0 bridgehead atoms. The van der Waals surface area contributed by atoms with E-state index in [0.717, 1.165) is 35.5 Å². The third-order valence-corrected chi connectivity index (χ3v) is 4.87. The third kappa shape index (κ3) is 2.53. The van der Waals surface area contributed by atoms with Gasteiger partial charge in [0, 0.05) is 11.3 Å². The number of nitrogens with zero attached hydrogens (tertiary/aromatic N) is 1. The molecule has 1 aliphatic carbocycles. The minimum atomic E-state index is -0.0467. The lowest BCUT2D eigenvalue weighted by Crippen LogP contribution is -2.38. The topological polar surface area (TPSA) is 71.8 Å². The largest absolute Gasteiger partial charge is 0.328 e. The van der Waals surface area contributed by atoms with Gasteiger partial charge < -0.3 is 10.7 Å². The van der Waals surface area contributed by atoms with E-state index in [1.165, 1.54) is 0 Å². The molecule has 3 rings (SSSR count). The fraction of sp³-hybridized carbons (Fsp3) is 0.429. The van der Waals surface area contributed by atoms with Crippen molar-refractivity contribution in [2.45, 2.75) is 36.8 Å². The fourth-order valence-corrected chi connectivity index (χ4v) is 3.66. The van der Waals surface area contributed by atoms with Gasteiger partial charge in [0.1, 0.15) is 5.82 Å². The summed E-state index contributed by atoms with van der Waals surface area (Å²) in [5.41, 5.74) is 7.58. The second kappa shape index (κ2) is 4.98. The van der Waals surface area contributed by atoms with Crippen molar-refractivity contribution < 1.29 is 0 Å². The van der Waals surface area contributed by atoms with E-state index >= 15 is 0 Å². The molecule has 1 aliphatic rings. The van der Waals surface area contributed by atoms with Crippen LogP contribution in [0.25, 0.3) is 10.9 Å². The molecule has 5 heteroatoms. The van der Waals surface area contributed by atoms with Crippen molar-refractivity contribution in [1.29, 1.82) is 0 Å². The van der Waals surface area contributed by atoms with Crippen LogP contribution in [0.1, 0.15) is 24.2 Å². The Balaban J connectivity index is 1.84. The molecule has 1 heterocycles. The minimum absolute atomic E-state index is 0.0467. The first-order chi connectivity index (χ1) is 9.13. The van der Waals surface area contributed by atoms with Crippen LogP contribution in [0.15, 0.2) is 23.0 Å². The molecule has 0 saturated heterocycles. The Morgan fingerprint density at radius 2 is 2.26 bits per heavy atom. The van der Waals surface area contributed by atoms with Gasteiger partial charge in [-0.1, -0.05) is 12.1 Å². The van der Waals surface area contributed by atoms with E-state index in [2.05, 4.69) is 9.97 Å². The molecule has 1 aromatic carbocycles. The third-order valence-electron chi connectivity index (χ3n) is 3.57. The molecule has 4 nitrogen and oxygen atoms in total. The van der Waals surface area contributed by atoms with E-state index in [1.54, 1.807) is 0 Å². The summed E-state index contributed by atoms with van der Waals surface area (Å²) in [6, 6.07) is 6.05. The molecule has 100 valence electrons. The number of aromatic amines is 1. The van der Waals surface area contributed by atoms with Crippen molar-refractivity contribution in [3.8, 4) is 0 Å². The zero-order valence-corrected chi connectivity index (χ0v) is 11.7. The molecular formula is C14H17N3OS. The van der Waals surface area contributed by atoms with Crippen LogP contribution in [0.5, 0.6) is 0 Å². The highest BCUT2D eigenvalue weighted by Crippen LogP contribution is 2.32. The van der Waals surface area contributed by atoms with Gasteiger partial charge in [-0.2, -0.15) is 11.8 Å². The molecule has 0 spiro atoms. The SMILES string of the molecule is Cc1cccc2c(=O)[nH]c(CSC3CC(N)C3)nc12. The number of hydrogen-bond donors (Lipinski definition) is 2. The van der Waals surface area contributed by atoms with E-state index in [-0.39, 0.29) is 5.56 Å². The molecule has 3 N–H and O–H groups in total. The fourth-order valence-electron chi connectivity index (χ4n) is 2.36. The van der Waals surface area contributed by atoms with Gasteiger partial charge >= 0.3 is 0 Å². The number of aryl methyl sites for hydroxylation is 1. The number of nitrogens with two attached hydrogens (primary N) is 1. The molecule has 0 aliphatic heterocycles. The lowest BCUT2D eigenvalue weighted by Gasteiger charge is -2.31. The van der Waals surface area contributed by atoms with E-state index in [1.807, 2.05) is 36.9 Å². The molecule has 0 unspecified atom stereocenters. The van der Waals surface area contributed by atoms with Crippen LogP contribution in [0.2, 0.25) is 0 Å². The molecule has 0 atom stereocenters. The summed E-state index contributed by atoms with van der Waals surface area (Å²) in [6.45, 7) is 1.98.